The van der Waals surface area contributed by atoms with Crippen LogP contribution in [-0.4, -0.2) is 30.6 Å². The van der Waals surface area contributed by atoms with Crippen LogP contribution in [0.5, 0.6) is 5.75 Å². The highest BCUT2D eigenvalue weighted by molar-refractivity contribution is 7.89. The number of hydrogen-bond donors (Lipinski definition) is 1. The molecule has 0 aliphatic rings. The Morgan fingerprint density at radius 2 is 1.00 bits per heavy atom. The summed E-state index contributed by atoms with van der Waals surface area (Å²) in [4.78, 5) is -0.727. The molecule has 0 amide bonds. The van der Waals surface area contributed by atoms with Crippen molar-refractivity contribution in [3.05, 3.63) is 157 Å². The van der Waals surface area contributed by atoms with Gasteiger partial charge in [-0.2, -0.15) is 8.61 Å². The van der Waals surface area contributed by atoms with Crippen molar-refractivity contribution in [3.63, 3.8) is 0 Å². The quantitative estimate of drug-likeness (QED) is 0.136. The summed E-state index contributed by atoms with van der Waals surface area (Å²) in [6, 6.07) is 23.1. The highest BCUT2D eigenvalue weighted by atomic mass is 35.5. The number of halogens is 6. The number of phenols is 1. The Bertz CT molecular complexity index is 2190. The first-order valence-corrected chi connectivity index (χ1v) is 18.7. The van der Waals surface area contributed by atoms with E-state index in [2.05, 4.69) is 0 Å². The van der Waals surface area contributed by atoms with Crippen LogP contribution in [0.3, 0.4) is 0 Å². The second kappa shape index (κ2) is 15.3. The molecule has 256 valence electrons. The van der Waals surface area contributed by atoms with Gasteiger partial charge in [-0.15, -0.1) is 0 Å². The highest BCUT2D eigenvalue weighted by Gasteiger charge is 2.31. The van der Waals surface area contributed by atoms with Crippen molar-refractivity contribution < 1.29 is 30.7 Å². The van der Waals surface area contributed by atoms with Crippen molar-refractivity contribution in [3.8, 4) is 5.75 Å². The first-order chi connectivity index (χ1) is 23.1. The van der Waals surface area contributed by atoms with E-state index in [9.17, 15) is 30.7 Å². The third-order valence-electron chi connectivity index (χ3n) is 7.33. The van der Waals surface area contributed by atoms with Crippen LogP contribution < -0.4 is 0 Å². The maximum absolute atomic E-state index is 14.2. The molecule has 0 unspecified atom stereocenters. The molecule has 0 saturated carbocycles. The average molecular weight is 787 g/mol. The van der Waals surface area contributed by atoms with Crippen molar-refractivity contribution in [2.75, 3.05) is 0 Å². The second-order valence-electron chi connectivity index (χ2n) is 11.0. The summed E-state index contributed by atoms with van der Waals surface area (Å²) >= 11 is 24.5. The van der Waals surface area contributed by atoms with E-state index in [1.807, 2.05) is 0 Å². The molecule has 49 heavy (non-hydrogen) atoms. The molecule has 0 aliphatic heterocycles. The normalized spacial score (nSPS) is 12.2. The molecule has 0 atom stereocenters. The lowest BCUT2D eigenvalue weighted by molar-refractivity contribution is 0.393. The zero-order chi connectivity index (χ0) is 35.5. The molecule has 0 bridgehead atoms. The molecule has 5 aromatic rings. The van der Waals surface area contributed by atoms with Gasteiger partial charge in [0.25, 0.3) is 0 Å². The third kappa shape index (κ3) is 9.11. The fourth-order valence-corrected chi connectivity index (χ4v) is 9.20. The lowest BCUT2D eigenvalue weighted by Crippen LogP contribution is -2.31. The molecule has 0 aromatic heterocycles. The summed E-state index contributed by atoms with van der Waals surface area (Å²) in [5, 5.41) is 10.9. The number of hydrogen-bond acceptors (Lipinski definition) is 5. The molecule has 0 heterocycles. The molecule has 0 radical (unpaired) electrons. The van der Waals surface area contributed by atoms with Crippen LogP contribution in [0.15, 0.2) is 113 Å². The second-order valence-corrected chi connectivity index (χ2v) is 16.5. The molecule has 15 heteroatoms. The van der Waals surface area contributed by atoms with E-state index in [4.69, 9.17) is 46.4 Å². The number of rotatable bonds is 12. The number of aromatic hydroxyl groups is 1. The lowest BCUT2D eigenvalue weighted by Gasteiger charge is -2.25. The van der Waals surface area contributed by atoms with Crippen LogP contribution in [0.25, 0.3) is 0 Å². The molecule has 1 N–H and O–H groups in total. The Balaban J connectivity index is 1.54. The first-order valence-electron chi connectivity index (χ1n) is 14.3. The Morgan fingerprint density at radius 1 is 0.531 bits per heavy atom. The number of sulfonamides is 2. The third-order valence-corrected chi connectivity index (χ3v) is 11.9. The SMILES string of the molecule is O=S(=O)(c1cccc(CN(Cc2ccc(F)cc2)S(=O)(=O)c2cc(Cl)cc(Cl)c2O)c1)N(Cc1ccc(F)cc1)Cc1cc(Cl)cc(Cl)c1. The molecule has 0 aliphatic carbocycles. The van der Waals surface area contributed by atoms with Gasteiger partial charge >= 0.3 is 0 Å². The van der Waals surface area contributed by atoms with E-state index < -0.39 is 42.3 Å². The monoisotopic (exact) mass is 784 g/mol. The molecular formula is C34H26Cl4F2N2O5S2. The van der Waals surface area contributed by atoms with E-state index in [1.165, 1.54) is 89.2 Å². The van der Waals surface area contributed by atoms with E-state index in [0.717, 1.165) is 10.4 Å². The van der Waals surface area contributed by atoms with Crippen molar-refractivity contribution >= 4 is 66.5 Å². The smallest absolute Gasteiger partial charge is 0.247 e. The minimum Gasteiger partial charge on any atom is -0.505 e. The molecule has 5 rings (SSSR count). The number of nitrogens with zero attached hydrogens (tertiary/aromatic N) is 2. The van der Waals surface area contributed by atoms with E-state index >= 15 is 0 Å². The highest BCUT2D eigenvalue weighted by Crippen LogP contribution is 2.37. The van der Waals surface area contributed by atoms with Crippen molar-refractivity contribution in [1.82, 2.24) is 8.61 Å². The number of benzene rings is 5. The largest absolute Gasteiger partial charge is 0.505 e. The average Bonchev–Trinajstić information content (AvgIpc) is 3.03. The van der Waals surface area contributed by atoms with Gasteiger partial charge in [0.2, 0.25) is 20.0 Å². The maximum atomic E-state index is 14.2. The summed E-state index contributed by atoms with van der Waals surface area (Å²) < 4.78 is 86.0. The van der Waals surface area contributed by atoms with Crippen LogP contribution in [0, 0.1) is 11.6 Å². The lowest BCUT2D eigenvalue weighted by atomic mass is 10.2. The fraction of sp³-hybridized carbons (Fsp3) is 0.118. The van der Waals surface area contributed by atoms with E-state index in [-0.39, 0.29) is 46.7 Å². The Hall–Kier alpha value is -3.26. The van der Waals surface area contributed by atoms with Gasteiger partial charge in [-0.25, -0.2) is 25.6 Å². The van der Waals surface area contributed by atoms with E-state index in [1.54, 1.807) is 12.1 Å². The topological polar surface area (TPSA) is 95.0 Å². The molecule has 7 nitrogen and oxygen atoms in total. The summed E-state index contributed by atoms with van der Waals surface area (Å²) in [5.41, 5.74) is 1.68. The Kier molecular flexibility index (Phi) is 11.6. The zero-order valence-electron chi connectivity index (χ0n) is 25.2. The van der Waals surface area contributed by atoms with Crippen LogP contribution in [0.1, 0.15) is 22.3 Å². The van der Waals surface area contributed by atoms with Gasteiger partial charge in [0.05, 0.1) is 9.92 Å². The summed E-state index contributed by atoms with van der Waals surface area (Å²) in [5.74, 6) is -1.73. The van der Waals surface area contributed by atoms with Gasteiger partial charge in [-0.3, -0.25) is 0 Å². The van der Waals surface area contributed by atoms with Gasteiger partial charge in [-0.05, 0) is 89.0 Å². The fourth-order valence-electron chi connectivity index (χ4n) is 4.98. The zero-order valence-corrected chi connectivity index (χ0v) is 29.9. The molecule has 0 saturated heterocycles. The molecule has 5 aromatic carbocycles. The Morgan fingerprint density at radius 3 is 1.55 bits per heavy atom. The van der Waals surface area contributed by atoms with Crippen LogP contribution in [0.4, 0.5) is 8.78 Å². The molecule has 0 fully saturated rings. The Labute approximate surface area is 302 Å². The number of phenolic OH excluding ortho intramolecular Hbond substituents is 1. The standard InChI is InChI=1S/C34H26Cl4F2N2O5S2/c35-26-12-25(13-27(36)15-26)21-41(18-22-4-8-29(39)9-5-22)48(44,45)31-3-1-2-24(14-31)20-42(19-23-6-10-30(40)11-7-23)49(46,47)33-17-28(37)16-32(38)34(33)43/h1-17,43H,18-21H2. The summed E-state index contributed by atoms with van der Waals surface area (Å²) in [6.45, 7) is -0.940. The van der Waals surface area contributed by atoms with E-state index in [0.29, 0.717) is 26.7 Å². The van der Waals surface area contributed by atoms with Gasteiger partial charge in [0, 0.05) is 41.2 Å². The summed E-state index contributed by atoms with van der Waals surface area (Å²) in [6.07, 6.45) is 0. The van der Waals surface area contributed by atoms with Gasteiger partial charge < -0.3 is 5.11 Å². The van der Waals surface area contributed by atoms with Crippen LogP contribution in [-0.2, 0) is 46.2 Å². The first kappa shape index (κ1) is 37.0. The van der Waals surface area contributed by atoms with Gasteiger partial charge in [-0.1, -0.05) is 82.8 Å². The minimum absolute atomic E-state index is 0.0431. The molecular weight excluding hydrogens is 760 g/mol. The van der Waals surface area contributed by atoms with Crippen molar-refractivity contribution in [2.24, 2.45) is 0 Å². The predicted molar refractivity (Wildman–Crippen MR) is 187 cm³/mol. The van der Waals surface area contributed by atoms with Crippen molar-refractivity contribution in [2.45, 2.75) is 36.0 Å². The minimum atomic E-state index is -4.54. The summed E-state index contributed by atoms with van der Waals surface area (Å²) in [7, 11) is -8.83. The van der Waals surface area contributed by atoms with Gasteiger partial charge in [0.1, 0.15) is 16.5 Å². The maximum Gasteiger partial charge on any atom is 0.247 e. The molecule has 0 spiro atoms. The van der Waals surface area contributed by atoms with Crippen LogP contribution >= 0.6 is 46.4 Å². The predicted octanol–water partition coefficient (Wildman–Crippen LogP) is 9.07. The van der Waals surface area contributed by atoms with Gasteiger partial charge in [0.15, 0.2) is 5.75 Å². The van der Waals surface area contributed by atoms with Crippen LogP contribution in [0.2, 0.25) is 20.1 Å². The van der Waals surface area contributed by atoms with Crippen molar-refractivity contribution in [1.29, 1.82) is 0 Å².